The van der Waals surface area contributed by atoms with Gasteiger partial charge in [0.2, 0.25) is 10.0 Å². The van der Waals surface area contributed by atoms with E-state index in [0.29, 0.717) is 26.2 Å². The largest absolute Gasteiger partial charge is 0.387 e. The summed E-state index contributed by atoms with van der Waals surface area (Å²) >= 11 is 0. The fourth-order valence-electron chi connectivity index (χ4n) is 4.43. The number of nitrogens with zero attached hydrogens (tertiary/aromatic N) is 2. The quantitative estimate of drug-likeness (QED) is 0.681. The fraction of sp³-hybridized carbons (Fsp3) is 1.00. The van der Waals surface area contributed by atoms with Crippen LogP contribution in [0.3, 0.4) is 0 Å². The van der Waals surface area contributed by atoms with Gasteiger partial charge in [0, 0.05) is 32.2 Å². The van der Waals surface area contributed by atoms with Gasteiger partial charge in [-0.15, -0.1) is 0 Å². The second-order valence-corrected chi connectivity index (χ2v) is 9.44. The SMILES string of the molecule is O=S(=O)(CCNC[C@]1(O)CCCN2CCCC[C@@H]21)N1CCCC1. The summed E-state index contributed by atoms with van der Waals surface area (Å²) in [4.78, 5) is 2.43. The summed E-state index contributed by atoms with van der Waals surface area (Å²) in [5.74, 6) is 0.136. The van der Waals surface area contributed by atoms with Gasteiger partial charge in [-0.05, 0) is 51.6 Å². The lowest BCUT2D eigenvalue weighted by atomic mass is 9.79. The van der Waals surface area contributed by atoms with E-state index in [2.05, 4.69) is 10.2 Å². The second-order valence-electron chi connectivity index (χ2n) is 7.35. The van der Waals surface area contributed by atoms with Crippen molar-refractivity contribution in [2.45, 2.75) is 56.6 Å². The Balaban J connectivity index is 1.47. The third-order valence-corrected chi connectivity index (χ3v) is 7.59. The van der Waals surface area contributed by atoms with E-state index in [0.717, 1.165) is 45.2 Å². The lowest BCUT2D eigenvalue weighted by Crippen LogP contribution is -2.62. The second kappa shape index (κ2) is 7.35. The van der Waals surface area contributed by atoms with Gasteiger partial charge in [-0.3, -0.25) is 4.90 Å². The van der Waals surface area contributed by atoms with Gasteiger partial charge in [-0.2, -0.15) is 0 Å². The molecule has 2 atom stereocenters. The van der Waals surface area contributed by atoms with E-state index in [9.17, 15) is 13.5 Å². The minimum absolute atomic E-state index is 0.136. The van der Waals surface area contributed by atoms with Crippen LogP contribution < -0.4 is 5.32 Å². The molecule has 3 aliphatic rings. The molecule has 3 fully saturated rings. The van der Waals surface area contributed by atoms with Crippen molar-refractivity contribution in [3.63, 3.8) is 0 Å². The highest BCUT2D eigenvalue weighted by atomic mass is 32.2. The third-order valence-electron chi connectivity index (χ3n) is 5.72. The van der Waals surface area contributed by atoms with Gasteiger partial charge < -0.3 is 10.4 Å². The van der Waals surface area contributed by atoms with E-state index in [-0.39, 0.29) is 11.8 Å². The predicted molar refractivity (Wildman–Crippen MR) is 90.9 cm³/mol. The van der Waals surface area contributed by atoms with Crippen LogP contribution in [0.4, 0.5) is 0 Å². The molecular weight excluding hydrogens is 314 g/mol. The summed E-state index contributed by atoms with van der Waals surface area (Å²) < 4.78 is 26.0. The Bertz CT molecular complexity index is 491. The van der Waals surface area contributed by atoms with Crippen molar-refractivity contribution < 1.29 is 13.5 Å². The molecule has 0 aromatic carbocycles. The van der Waals surface area contributed by atoms with Gasteiger partial charge in [-0.1, -0.05) is 6.42 Å². The van der Waals surface area contributed by atoms with Crippen LogP contribution in [0.2, 0.25) is 0 Å². The predicted octanol–water partition coefficient (Wildman–Crippen LogP) is 0.381. The summed E-state index contributed by atoms with van der Waals surface area (Å²) in [5.41, 5.74) is -0.698. The molecule has 3 aliphatic heterocycles. The molecule has 0 amide bonds. The Morgan fingerprint density at radius 2 is 1.74 bits per heavy atom. The molecule has 3 heterocycles. The van der Waals surface area contributed by atoms with Crippen LogP contribution in [-0.4, -0.2) is 79.4 Å². The number of hydrogen-bond acceptors (Lipinski definition) is 5. The summed E-state index contributed by atoms with van der Waals surface area (Å²) in [5, 5.41) is 14.3. The van der Waals surface area contributed by atoms with Gasteiger partial charge in [-0.25, -0.2) is 12.7 Å². The number of fused-ring (bicyclic) bond motifs is 1. The maximum atomic E-state index is 12.2. The van der Waals surface area contributed by atoms with Crippen molar-refractivity contribution in [3.8, 4) is 0 Å². The average Bonchev–Trinajstić information content (AvgIpc) is 3.08. The molecule has 0 radical (unpaired) electrons. The summed E-state index contributed by atoms with van der Waals surface area (Å²) in [7, 11) is -3.13. The van der Waals surface area contributed by atoms with Crippen molar-refractivity contribution >= 4 is 10.0 Å². The molecule has 3 saturated heterocycles. The smallest absolute Gasteiger partial charge is 0.215 e. The topological polar surface area (TPSA) is 72.9 Å². The first-order valence-corrected chi connectivity index (χ1v) is 10.8. The number of rotatable bonds is 6. The Morgan fingerprint density at radius 1 is 1.04 bits per heavy atom. The lowest BCUT2D eigenvalue weighted by Gasteiger charge is -2.49. The molecule has 0 bridgehead atoms. The molecule has 0 aromatic heterocycles. The van der Waals surface area contributed by atoms with E-state index in [1.165, 1.54) is 12.8 Å². The number of hydrogen-bond donors (Lipinski definition) is 2. The molecule has 3 rings (SSSR count). The first kappa shape index (κ1) is 17.6. The van der Waals surface area contributed by atoms with Crippen molar-refractivity contribution in [2.75, 3.05) is 45.0 Å². The van der Waals surface area contributed by atoms with Crippen LogP contribution in [0.15, 0.2) is 0 Å². The van der Waals surface area contributed by atoms with Crippen LogP contribution >= 0.6 is 0 Å². The molecule has 134 valence electrons. The molecule has 0 aliphatic carbocycles. The molecule has 0 unspecified atom stereocenters. The molecule has 0 spiro atoms. The monoisotopic (exact) mass is 345 g/mol. The van der Waals surface area contributed by atoms with Crippen LogP contribution in [0.25, 0.3) is 0 Å². The van der Waals surface area contributed by atoms with E-state index < -0.39 is 15.6 Å². The van der Waals surface area contributed by atoms with Crippen LogP contribution in [0.5, 0.6) is 0 Å². The zero-order valence-corrected chi connectivity index (χ0v) is 14.9. The van der Waals surface area contributed by atoms with Gasteiger partial charge in [0.1, 0.15) is 0 Å². The Morgan fingerprint density at radius 3 is 2.52 bits per heavy atom. The summed E-state index contributed by atoms with van der Waals surface area (Å²) in [6.45, 7) is 4.46. The van der Waals surface area contributed by atoms with Gasteiger partial charge in [0.25, 0.3) is 0 Å². The van der Waals surface area contributed by atoms with Crippen LogP contribution in [-0.2, 0) is 10.0 Å². The fourth-order valence-corrected chi connectivity index (χ4v) is 5.90. The Hall–Kier alpha value is -0.210. The summed E-state index contributed by atoms with van der Waals surface area (Å²) in [6, 6.07) is 0.243. The molecule has 7 heteroatoms. The minimum atomic E-state index is -3.13. The van der Waals surface area contributed by atoms with Gasteiger partial charge in [0.15, 0.2) is 0 Å². The van der Waals surface area contributed by atoms with Crippen LogP contribution in [0.1, 0.15) is 44.9 Å². The molecule has 23 heavy (non-hydrogen) atoms. The number of nitrogens with one attached hydrogen (secondary N) is 1. The number of aliphatic hydroxyl groups is 1. The standard InChI is InChI=1S/C16H31N3O3S/c20-16(7-5-10-18-9-2-1-6-15(16)18)14-17-8-13-23(21,22)19-11-3-4-12-19/h15,17,20H,1-14H2/t15-,16-/m1/s1. The van der Waals surface area contributed by atoms with E-state index >= 15 is 0 Å². The van der Waals surface area contributed by atoms with E-state index in [4.69, 9.17) is 0 Å². The van der Waals surface area contributed by atoms with E-state index in [1.54, 1.807) is 4.31 Å². The minimum Gasteiger partial charge on any atom is -0.387 e. The van der Waals surface area contributed by atoms with Gasteiger partial charge >= 0.3 is 0 Å². The maximum absolute atomic E-state index is 12.2. The maximum Gasteiger partial charge on any atom is 0.215 e. The first-order valence-electron chi connectivity index (χ1n) is 9.16. The molecule has 6 nitrogen and oxygen atoms in total. The van der Waals surface area contributed by atoms with Crippen molar-refractivity contribution in [2.24, 2.45) is 0 Å². The zero-order chi connectivity index (χ0) is 16.3. The highest BCUT2D eigenvalue weighted by molar-refractivity contribution is 7.89. The molecule has 0 saturated carbocycles. The first-order chi connectivity index (χ1) is 11.0. The van der Waals surface area contributed by atoms with Crippen molar-refractivity contribution in [1.29, 1.82) is 0 Å². The Kier molecular flexibility index (Phi) is 5.63. The normalized spacial score (nSPS) is 33.7. The molecule has 0 aromatic rings. The zero-order valence-electron chi connectivity index (χ0n) is 14.0. The lowest BCUT2D eigenvalue weighted by molar-refractivity contribution is -0.0915. The molecular formula is C16H31N3O3S. The third kappa shape index (κ3) is 4.07. The summed E-state index contributed by atoms with van der Waals surface area (Å²) in [6.07, 6.45) is 7.28. The number of sulfonamides is 1. The van der Waals surface area contributed by atoms with E-state index in [1.807, 2.05) is 0 Å². The van der Waals surface area contributed by atoms with Crippen molar-refractivity contribution in [1.82, 2.24) is 14.5 Å². The highest BCUT2D eigenvalue weighted by Crippen LogP contribution is 2.33. The van der Waals surface area contributed by atoms with Crippen LogP contribution in [0, 0.1) is 0 Å². The average molecular weight is 346 g/mol. The number of piperidine rings is 2. The Labute approximate surface area is 140 Å². The van der Waals surface area contributed by atoms with Gasteiger partial charge in [0.05, 0.1) is 11.4 Å². The molecule has 2 N–H and O–H groups in total. The van der Waals surface area contributed by atoms with Crippen molar-refractivity contribution in [3.05, 3.63) is 0 Å². The highest BCUT2D eigenvalue weighted by Gasteiger charge is 2.43.